The number of nitrogens with zero attached hydrogens (tertiary/aromatic N) is 2. The molecule has 1 N–H and O–H groups in total. The van der Waals surface area contributed by atoms with Gasteiger partial charge in [0.05, 0.1) is 6.61 Å². The highest BCUT2D eigenvalue weighted by molar-refractivity contribution is 5.96. The van der Waals surface area contributed by atoms with E-state index >= 15 is 0 Å². The maximum atomic E-state index is 12.4. The van der Waals surface area contributed by atoms with Gasteiger partial charge in [-0.1, -0.05) is 13.8 Å². The third-order valence-corrected chi connectivity index (χ3v) is 2.66. The molecule has 1 aromatic heterocycles. The smallest absolute Gasteiger partial charge is 0.354 e. The molecular weight excluding hydrogens is 260 g/mol. The Balaban J connectivity index is 2.92. The Hall–Kier alpha value is -1.95. The summed E-state index contributed by atoms with van der Waals surface area (Å²) in [5, 5.41) is 8.91. The van der Waals surface area contributed by atoms with E-state index < -0.39 is 5.97 Å². The molecule has 0 aliphatic rings. The fourth-order valence-corrected chi connectivity index (χ4v) is 1.78. The molecule has 110 valence electrons. The van der Waals surface area contributed by atoms with Gasteiger partial charge in [0.25, 0.3) is 5.91 Å². The van der Waals surface area contributed by atoms with Crippen molar-refractivity contribution in [1.29, 1.82) is 0 Å². The summed E-state index contributed by atoms with van der Waals surface area (Å²) >= 11 is 0. The monoisotopic (exact) mass is 280 g/mol. The lowest BCUT2D eigenvalue weighted by atomic mass is 10.1. The van der Waals surface area contributed by atoms with E-state index in [1.54, 1.807) is 12.0 Å². The van der Waals surface area contributed by atoms with Crippen molar-refractivity contribution in [1.82, 2.24) is 9.88 Å². The van der Waals surface area contributed by atoms with Crippen molar-refractivity contribution >= 4 is 11.9 Å². The molecule has 0 atom stereocenters. The molecule has 0 fully saturated rings. The molecule has 1 heterocycles. The number of pyridine rings is 1. The van der Waals surface area contributed by atoms with E-state index in [0.29, 0.717) is 31.2 Å². The maximum Gasteiger partial charge on any atom is 0.354 e. The predicted molar refractivity (Wildman–Crippen MR) is 73.8 cm³/mol. The lowest BCUT2D eigenvalue weighted by Gasteiger charge is -2.24. The third-order valence-electron chi connectivity index (χ3n) is 2.66. The molecule has 1 amide bonds. The van der Waals surface area contributed by atoms with Crippen LogP contribution in [-0.4, -0.2) is 53.7 Å². The van der Waals surface area contributed by atoms with Gasteiger partial charge in [-0.25, -0.2) is 9.78 Å². The zero-order valence-electron chi connectivity index (χ0n) is 12.0. The number of amides is 1. The van der Waals surface area contributed by atoms with Crippen molar-refractivity contribution in [3.05, 3.63) is 29.6 Å². The van der Waals surface area contributed by atoms with Gasteiger partial charge in [0, 0.05) is 32.0 Å². The summed E-state index contributed by atoms with van der Waals surface area (Å²) in [4.78, 5) is 28.7. The van der Waals surface area contributed by atoms with Crippen LogP contribution in [0.4, 0.5) is 0 Å². The molecule has 0 aliphatic heterocycles. The number of carbonyl (C=O) groups is 2. The van der Waals surface area contributed by atoms with E-state index in [1.165, 1.54) is 18.3 Å². The SMILES string of the molecule is COCCN(CC(C)C)C(=O)c1ccnc(C(=O)O)c1. The number of aromatic carboxylic acids is 1. The van der Waals surface area contributed by atoms with Crippen molar-refractivity contribution in [2.24, 2.45) is 5.92 Å². The summed E-state index contributed by atoms with van der Waals surface area (Å²) in [5.41, 5.74) is 0.196. The number of carboxylic acid groups (broad SMARTS) is 1. The van der Waals surface area contributed by atoms with Crippen molar-refractivity contribution in [2.45, 2.75) is 13.8 Å². The Bertz CT molecular complexity index is 474. The van der Waals surface area contributed by atoms with Crippen LogP contribution >= 0.6 is 0 Å². The van der Waals surface area contributed by atoms with Crippen LogP contribution in [0.2, 0.25) is 0 Å². The van der Waals surface area contributed by atoms with Gasteiger partial charge in [0.15, 0.2) is 0 Å². The van der Waals surface area contributed by atoms with Crippen LogP contribution in [0.1, 0.15) is 34.7 Å². The molecule has 0 aliphatic carbocycles. The molecule has 20 heavy (non-hydrogen) atoms. The van der Waals surface area contributed by atoms with Crippen LogP contribution in [0.25, 0.3) is 0 Å². The van der Waals surface area contributed by atoms with E-state index in [4.69, 9.17) is 9.84 Å². The first kappa shape index (κ1) is 16.1. The van der Waals surface area contributed by atoms with E-state index in [0.717, 1.165) is 0 Å². The van der Waals surface area contributed by atoms with Gasteiger partial charge in [0.2, 0.25) is 0 Å². The Labute approximate surface area is 118 Å². The molecule has 0 unspecified atom stereocenters. The van der Waals surface area contributed by atoms with Crippen LogP contribution in [0.15, 0.2) is 18.3 Å². The van der Waals surface area contributed by atoms with Gasteiger partial charge in [-0.3, -0.25) is 4.79 Å². The minimum absolute atomic E-state index is 0.132. The predicted octanol–water partition coefficient (Wildman–Crippen LogP) is 1.52. The highest BCUT2D eigenvalue weighted by Crippen LogP contribution is 2.09. The second kappa shape index (κ2) is 7.59. The molecule has 6 nitrogen and oxygen atoms in total. The number of hydrogen-bond acceptors (Lipinski definition) is 4. The highest BCUT2D eigenvalue weighted by atomic mass is 16.5. The molecule has 0 saturated heterocycles. The van der Waals surface area contributed by atoms with E-state index in [1.807, 2.05) is 13.8 Å². The summed E-state index contributed by atoms with van der Waals surface area (Å²) in [5.74, 6) is -1.04. The fraction of sp³-hybridized carbons (Fsp3) is 0.500. The largest absolute Gasteiger partial charge is 0.477 e. The summed E-state index contributed by atoms with van der Waals surface area (Å²) in [7, 11) is 1.58. The Morgan fingerprint density at radius 1 is 1.45 bits per heavy atom. The Morgan fingerprint density at radius 2 is 2.15 bits per heavy atom. The lowest BCUT2D eigenvalue weighted by molar-refractivity contribution is 0.0672. The lowest BCUT2D eigenvalue weighted by Crippen LogP contribution is -2.36. The van der Waals surface area contributed by atoms with Gasteiger partial charge in [-0.2, -0.15) is 0 Å². The minimum atomic E-state index is -1.15. The van der Waals surface area contributed by atoms with Crippen molar-refractivity contribution in [3.8, 4) is 0 Å². The molecule has 1 rings (SSSR count). The van der Waals surface area contributed by atoms with Gasteiger partial charge in [-0.15, -0.1) is 0 Å². The number of hydrogen-bond donors (Lipinski definition) is 1. The average molecular weight is 280 g/mol. The second-order valence-corrected chi connectivity index (χ2v) is 4.87. The average Bonchev–Trinajstić information content (AvgIpc) is 2.42. The molecule has 0 radical (unpaired) electrons. The number of carboxylic acids is 1. The maximum absolute atomic E-state index is 12.4. The number of carbonyl (C=O) groups excluding carboxylic acids is 1. The molecular formula is C14H20N2O4. The van der Waals surface area contributed by atoms with E-state index in [-0.39, 0.29) is 11.6 Å². The molecule has 0 bridgehead atoms. The van der Waals surface area contributed by atoms with Crippen molar-refractivity contribution < 1.29 is 19.4 Å². The van der Waals surface area contributed by atoms with Gasteiger partial charge >= 0.3 is 5.97 Å². The third kappa shape index (κ3) is 4.62. The van der Waals surface area contributed by atoms with Crippen molar-refractivity contribution in [3.63, 3.8) is 0 Å². The Morgan fingerprint density at radius 3 is 2.70 bits per heavy atom. The van der Waals surface area contributed by atoms with Crippen LogP contribution in [0, 0.1) is 5.92 Å². The molecule has 1 aromatic rings. The minimum Gasteiger partial charge on any atom is -0.477 e. The van der Waals surface area contributed by atoms with Crippen LogP contribution in [0.3, 0.4) is 0 Å². The molecule has 0 spiro atoms. The summed E-state index contributed by atoms with van der Waals surface area (Å²) < 4.78 is 5.00. The first-order valence-electron chi connectivity index (χ1n) is 6.43. The molecule has 0 saturated carbocycles. The fourth-order valence-electron chi connectivity index (χ4n) is 1.78. The van der Waals surface area contributed by atoms with E-state index in [9.17, 15) is 9.59 Å². The van der Waals surface area contributed by atoms with Crippen LogP contribution in [0.5, 0.6) is 0 Å². The number of methoxy groups -OCH3 is 1. The van der Waals surface area contributed by atoms with Gasteiger partial charge in [0.1, 0.15) is 5.69 Å². The van der Waals surface area contributed by atoms with Crippen molar-refractivity contribution in [2.75, 3.05) is 26.8 Å². The van der Waals surface area contributed by atoms with Crippen LogP contribution in [-0.2, 0) is 4.74 Å². The summed E-state index contributed by atoms with van der Waals surface area (Å²) in [6.07, 6.45) is 1.33. The first-order valence-corrected chi connectivity index (χ1v) is 6.43. The zero-order chi connectivity index (χ0) is 15.1. The summed E-state index contributed by atoms with van der Waals surface area (Å²) in [6.45, 7) is 5.53. The zero-order valence-corrected chi connectivity index (χ0v) is 12.0. The Kier molecular flexibility index (Phi) is 6.11. The number of ether oxygens (including phenoxy) is 1. The molecule has 6 heteroatoms. The standard InChI is InChI=1S/C14H20N2O4/c1-10(2)9-16(6-7-20-3)13(17)11-4-5-15-12(8-11)14(18)19/h4-5,8,10H,6-7,9H2,1-3H3,(H,18,19). The molecule has 0 aromatic carbocycles. The topological polar surface area (TPSA) is 79.7 Å². The number of rotatable bonds is 7. The van der Waals surface area contributed by atoms with Crippen LogP contribution < -0.4 is 0 Å². The number of aromatic nitrogens is 1. The van der Waals surface area contributed by atoms with E-state index in [2.05, 4.69) is 4.98 Å². The summed E-state index contributed by atoms with van der Waals surface area (Å²) in [6, 6.07) is 2.82. The first-order chi connectivity index (χ1) is 9.45. The van der Waals surface area contributed by atoms with Gasteiger partial charge < -0.3 is 14.7 Å². The highest BCUT2D eigenvalue weighted by Gasteiger charge is 2.18. The second-order valence-electron chi connectivity index (χ2n) is 4.87. The quantitative estimate of drug-likeness (QED) is 0.819. The van der Waals surface area contributed by atoms with Gasteiger partial charge in [-0.05, 0) is 18.1 Å². The normalized spacial score (nSPS) is 10.6.